The minimum Gasteiger partial charge on any atom is -0.493 e. The van der Waals surface area contributed by atoms with E-state index < -0.39 is 11.9 Å². The van der Waals surface area contributed by atoms with Gasteiger partial charge >= 0.3 is 5.97 Å². The molecule has 0 radical (unpaired) electrons. The first kappa shape index (κ1) is 24.3. The summed E-state index contributed by atoms with van der Waals surface area (Å²) in [5.41, 5.74) is 3.57. The van der Waals surface area contributed by atoms with Crippen molar-refractivity contribution in [1.82, 2.24) is 5.43 Å². The second kappa shape index (κ2) is 11.0. The highest BCUT2D eigenvalue weighted by Crippen LogP contribution is 2.32. The number of ether oxygens (including phenoxy) is 2. The fourth-order valence-corrected chi connectivity index (χ4v) is 3.22. The van der Waals surface area contributed by atoms with Crippen molar-refractivity contribution >= 4 is 41.3 Å². The highest BCUT2D eigenvalue weighted by atomic mass is 35.5. The summed E-state index contributed by atoms with van der Waals surface area (Å²) in [7, 11) is 2.72. The van der Waals surface area contributed by atoms with Crippen LogP contribution >= 0.6 is 11.6 Å². The lowest BCUT2D eigenvalue weighted by molar-refractivity contribution is 0.0692. The topological polar surface area (TPSA) is 126 Å². The van der Waals surface area contributed by atoms with Gasteiger partial charge in [-0.25, -0.2) is 10.2 Å². The number of aromatic carboxylic acids is 1. The molecule has 3 aromatic rings. The second-order valence-electron chi connectivity index (χ2n) is 6.81. The minimum absolute atomic E-state index is 0.0423. The molecule has 0 aliphatic heterocycles. The van der Waals surface area contributed by atoms with Gasteiger partial charge in [0.25, 0.3) is 11.8 Å². The zero-order valence-corrected chi connectivity index (χ0v) is 18.9. The fraction of sp³-hybridized carbons (Fsp3) is 0.0833. The van der Waals surface area contributed by atoms with Crippen molar-refractivity contribution in [2.24, 2.45) is 5.10 Å². The summed E-state index contributed by atoms with van der Waals surface area (Å²) < 4.78 is 10.3. The van der Waals surface area contributed by atoms with Crippen molar-refractivity contribution in [3.63, 3.8) is 0 Å². The number of carboxylic acid groups (broad SMARTS) is 1. The van der Waals surface area contributed by atoms with Crippen LogP contribution in [-0.4, -0.2) is 43.3 Å². The lowest BCUT2D eigenvalue weighted by Gasteiger charge is -2.12. The monoisotopic (exact) mass is 481 g/mol. The predicted molar refractivity (Wildman–Crippen MR) is 127 cm³/mol. The number of carboxylic acids is 1. The van der Waals surface area contributed by atoms with Crippen LogP contribution in [-0.2, 0) is 0 Å². The van der Waals surface area contributed by atoms with Crippen LogP contribution in [0.1, 0.15) is 36.6 Å². The number of hydrogen-bond acceptors (Lipinski definition) is 6. The number of carbonyl (C=O) groups is 3. The molecule has 3 aromatic carbocycles. The molecule has 0 unspecified atom stereocenters. The Bertz CT molecular complexity index is 1260. The molecule has 3 rings (SSSR count). The number of nitrogens with one attached hydrogen (secondary N) is 2. The molecule has 3 N–H and O–H groups in total. The van der Waals surface area contributed by atoms with Crippen molar-refractivity contribution in [1.29, 1.82) is 0 Å². The van der Waals surface area contributed by atoms with Crippen LogP contribution in [0.5, 0.6) is 11.5 Å². The Kier molecular flexibility index (Phi) is 7.83. The number of methoxy groups -OCH3 is 2. The first-order chi connectivity index (χ1) is 16.3. The maximum atomic E-state index is 12.4. The molecule has 34 heavy (non-hydrogen) atoms. The Labute approximate surface area is 200 Å². The minimum atomic E-state index is -1.24. The van der Waals surface area contributed by atoms with Gasteiger partial charge in [-0.2, -0.15) is 5.10 Å². The Morgan fingerprint density at radius 2 is 1.68 bits per heavy atom. The average Bonchev–Trinajstić information content (AvgIpc) is 2.83. The summed E-state index contributed by atoms with van der Waals surface area (Å²) in [6.45, 7) is 0. The maximum Gasteiger partial charge on any atom is 0.340 e. The number of amides is 2. The molecule has 9 nitrogen and oxygen atoms in total. The first-order valence-electron chi connectivity index (χ1n) is 9.82. The number of hydrogen-bond donors (Lipinski definition) is 3. The summed E-state index contributed by atoms with van der Waals surface area (Å²) >= 11 is 5.90. The number of halogens is 1. The molecule has 0 saturated heterocycles. The van der Waals surface area contributed by atoms with Gasteiger partial charge in [0, 0.05) is 27.4 Å². The van der Waals surface area contributed by atoms with Gasteiger partial charge in [0.15, 0.2) is 11.5 Å². The second-order valence-corrected chi connectivity index (χ2v) is 7.25. The molecular formula is C24H20ClN3O6. The van der Waals surface area contributed by atoms with E-state index in [1.54, 1.807) is 36.4 Å². The molecule has 0 saturated carbocycles. The fourth-order valence-electron chi connectivity index (χ4n) is 3.03. The summed E-state index contributed by atoms with van der Waals surface area (Å²) in [6, 6.07) is 15.7. The van der Waals surface area contributed by atoms with E-state index in [4.69, 9.17) is 21.1 Å². The maximum absolute atomic E-state index is 12.4. The number of hydrazone groups is 1. The smallest absolute Gasteiger partial charge is 0.340 e. The van der Waals surface area contributed by atoms with Gasteiger partial charge in [-0.1, -0.05) is 17.7 Å². The molecule has 174 valence electrons. The van der Waals surface area contributed by atoms with Crippen LogP contribution in [0.4, 0.5) is 5.69 Å². The number of nitrogens with zero attached hydrogens (tertiary/aromatic N) is 1. The average molecular weight is 482 g/mol. The summed E-state index contributed by atoms with van der Waals surface area (Å²) in [5.74, 6) is -1.81. The molecule has 0 heterocycles. The van der Waals surface area contributed by atoms with E-state index in [0.29, 0.717) is 16.3 Å². The van der Waals surface area contributed by atoms with E-state index in [-0.39, 0.29) is 34.1 Å². The number of anilines is 1. The Balaban J connectivity index is 1.67. The van der Waals surface area contributed by atoms with Crippen molar-refractivity contribution in [3.8, 4) is 11.5 Å². The third-order valence-electron chi connectivity index (χ3n) is 4.65. The molecular weight excluding hydrogens is 462 g/mol. The molecule has 0 aromatic heterocycles. The van der Waals surface area contributed by atoms with Gasteiger partial charge in [0.2, 0.25) is 0 Å². The summed E-state index contributed by atoms with van der Waals surface area (Å²) in [5, 5.41) is 16.5. The van der Waals surface area contributed by atoms with Gasteiger partial charge in [0.05, 0.1) is 20.4 Å². The highest BCUT2D eigenvalue weighted by Gasteiger charge is 2.20. The van der Waals surface area contributed by atoms with Crippen LogP contribution < -0.4 is 20.2 Å². The van der Waals surface area contributed by atoms with Crippen molar-refractivity contribution in [2.75, 3.05) is 19.5 Å². The van der Waals surface area contributed by atoms with Crippen molar-refractivity contribution in [2.45, 2.75) is 0 Å². The van der Waals surface area contributed by atoms with Crippen molar-refractivity contribution in [3.05, 3.63) is 87.9 Å². The van der Waals surface area contributed by atoms with Gasteiger partial charge in [-0.3, -0.25) is 9.59 Å². The summed E-state index contributed by atoms with van der Waals surface area (Å²) in [4.78, 5) is 36.4. The normalized spacial score (nSPS) is 10.6. The Morgan fingerprint density at radius 3 is 2.29 bits per heavy atom. The third-order valence-corrected chi connectivity index (χ3v) is 4.89. The molecule has 0 bridgehead atoms. The van der Waals surface area contributed by atoms with E-state index in [9.17, 15) is 19.5 Å². The predicted octanol–water partition coefficient (Wildman–Crippen LogP) is 4.07. The van der Waals surface area contributed by atoms with E-state index >= 15 is 0 Å². The SMILES string of the molecule is COc1ccc(/C=N/NC(=O)c2ccc(NC(=O)c3cccc(Cl)c3)cc2)c(C(=O)O)c1OC. The quantitative estimate of drug-likeness (QED) is 0.329. The van der Waals surface area contributed by atoms with Gasteiger partial charge < -0.3 is 19.9 Å². The molecule has 0 fully saturated rings. The third kappa shape index (κ3) is 5.70. The molecule has 0 aliphatic carbocycles. The summed E-state index contributed by atoms with van der Waals surface area (Å²) in [6.07, 6.45) is 1.20. The number of rotatable bonds is 8. The Hall–Kier alpha value is -4.37. The zero-order chi connectivity index (χ0) is 24.7. The molecule has 0 aliphatic rings. The number of benzene rings is 3. The van der Waals surface area contributed by atoms with E-state index in [1.807, 2.05) is 0 Å². The van der Waals surface area contributed by atoms with E-state index in [0.717, 1.165) is 0 Å². The molecule has 10 heteroatoms. The molecule has 0 spiro atoms. The van der Waals surface area contributed by atoms with Crippen LogP contribution in [0.2, 0.25) is 5.02 Å². The largest absolute Gasteiger partial charge is 0.493 e. The van der Waals surface area contributed by atoms with E-state index in [1.165, 1.54) is 44.7 Å². The molecule has 0 atom stereocenters. The lowest BCUT2D eigenvalue weighted by Crippen LogP contribution is -2.18. The van der Waals surface area contributed by atoms with E-state index in [2.05, 4.69) is 15.8 Å². The zero-order valence-electron chi connectivity index (χ0n) is 18.2. The highest BCUT2D eigenvalue weighted by molar-refractivity contribution is 6.31. The van der Waals surface area contributed by atoms with Crippen molar-refractivity contribution < 1.29 is 29.0 Å². The van der Waals surface area contributed by atoms with Gasteiger partial charge in [-0.05, 0) is 54.6 Å². The van der Waals surface area contributed by atoms with Crippen LogP contribution in [0.15, 0.2) is 65.8 Å². The van der Waals surface area contributed by atoms with Crippen LogP contribution in [0.3, 0.4) is 0 Å². The number of carbonyl (C=O) groups excluding carboxylic acids is 2. The van der Waals surface area contributed by atoms with Crippen LogP contribution in [0.25, 0.3) is 0 Å². The van der Waals surface area contributed by atoms with Gasteiger partial charge in [0.1, 0.15) is 5.56 Å². The van der Waals surface area contributed by atoms with Crippen LogP contribution in [0, 0.1) is 0 Å². The Morgan fingerprint density at radius 1 is 0.941 bits per heavy atom. The van der Waals surface area contributed by atoms with Gasteiger partial charge in [-0.15, -0.1) is 0 Å². The lowest BCUT2D eigenvalue weighted by atomic mass is 10.1. The standard InChI is InChI=1S/C24H20ClN3O6/c1-33-19-11-8-16(20(24(31)32)21(19)34-2)13-26-28-23(30)14-6-9-18(10-7-14)27-22(29)15-4-3-5-17(25)12-15/h3-13H,1-2H3,(H,27,29)(H,28,30)(H,31,32)/b26-13+. The first-order valence-corrected chi connectivity index (χ1v) is 10.2. The molecule has 2 amide bonds.